The van der Waals surface area contributed by atoms with E-state index in [1.165, 1.54) is 6.07 Å². The molecule has 4 nitrogen and oxygen atoms in total. The number of benzene rings is 2. The number of phenolic OH excluding ortho intramolecular Hbond substituents is 1. The summed E-state index contributed by atoms with van der Waals surface area (Å²) < 4.78 is 5.32. The molecule has 112 valence electrons. The molecule has 22 heavy (non-hydrogen) atoms. The van der Waals surface area contributed by atoms with E-state index in [1.807, 2.05) is 6.92 Å². The van der Waals surface area contributed by atoms with Gasteiger partial charge in [-0.25, -0.2) is 4.79 Å². The van der Waals surface area contributed by atoms with Crippen molar-refractivity contribution in [3.05, 3.63) is 64.0 Å². The van der Waals surface area contributed by atoms with Crippen molar-refractivity contribution in [3.8, 4) is 16.9 Å². The highest BCUT2D eigenvalue weighted by atomic mass is 16.4. The molecule has 0 aliphatic carbocycles. The smallest absolute Gasteiger partial charge is 0.344 e. The fourth-order valence-corrected chi connectivity index (χ4v) is 2.61. The zero-order valence-corrected chi connectivity index (χ0v) is 12.3. The van der Waals surface area contributed by atoms with Crippen LogP contribution in [0.1, 0.15) is 24.2 Å². The fraction of sp³-hybridized carbons (Fsp3) is 0.167. The largest absolute Gasteiger partial charge is 0.508 e. The molecule has 3 rings (SSSR count). The average molecular weight is 296 g/mol. The van der Waals surface area contributed by atoms with Crippen LogP contribution in [-0.2, 0) is 0 Å². The Kier molecular flexibility index (Phi) is 3.47. The highest BCUT2D eigenvalue weighted by Gasteiger charge is 2.14. The number of fused-ring (bicyclic) bond motifs is 1. The molecular weight excluding hydrogens is 280 g/mol. The Bertz CT molecular complexity index is 889. The normalized spacial score (nSPS) is 12.5. The molecule has 0 aliphatic rings. The van der Waals surface area contributed by atoms with Crippen LogP contribution in [0, 0.1) is 6.92 Å². The molecule has 2 aromatic carbocycles. The second kappa shape index (κ2) is 5.31. The van der Waals surface area contributed by atoms with E-state index in [4.69, 9.17) is 4.42 Å². The fourth-order valence-electron chi connectivity index (χ4n) is 2.61. The van der Waals surface area contributed by atoms with Gasteiger partial charge in [0.25, 0.3) is 0 Å². The average Bonchev–Trinajstić information content (AvgIpc) is 2.47. The Morgan fingerprint density at radius 2 is 1.77 bits per heavy atom. The van der Waals surface area contributed by atoms with E-state index < -0.39 is 11.7 Å². The molecular formula is C18H16O4. The maximum atomic E-state index is 12.3. The number of hydrogen-bond acceptors (Lipinski definition) is 4. The monoisotopic (exact) mass is 296 g/mol. The van der Waals surface area contributed by atoms with Crippen LogP contribution in [0.5, 0.6) is 5.75 Å². The van der Waals surface area contributed by atoms with Gasteiger partial charge in [-0.2, -0.15) is 0 Å². The minimum atomic E-state index is -0.550. The van der Waals surface area contributed by atoms with Crippen molar-refractivity contribution in [2.75, 3.05) is 0 Å². The lowest BCUT2D eigenvalue weighted by Gasteiger charge is -2.10. The van der Waals surface area contributed by atoms with Gasteiger partial charge in [0, 0.05) is 11.5 Å². The Morgan fingerprint density at radius 3 is 2.41 bits per heavy atom. The summed E-state index contributed by atoms with van der Waals surface area (Å²) >= 11 is 0. The van der Waals surface area contributed by atoms with Gasteiger partial charge < -0.3 is 14.6 Å². The Balaban J connectivity index is 2.22. The van der Waals surface area contributed by atoms with Gasteiger partial charge in [0.05, 0.1) is 11.7 Å². The predicted molar refractivity (Wildman–Crippen MR) is 85.0 cm³/mol. The third-order valence-corrected chi connectivity index (χ3v) is 3.83. The van der Waals surface area contributed by atoms with Gasteiger partial charge in [-0.1, -0.05) is 24.3 Å². The van der Waals surface area contributed by atoms with Crippen LogP contribution in [0.4, 0.5) is 0 Å². The molecule has 1 unspecified atom stereocenters. The molecule has 0 radical (unpaired) electrons. The zero-order chi connectivity index (χ0) is 15.9. The van der Waals surface area contributed by atoms with Crippen LogP contribution in [0.2, 0.25) is 0 Å². The number of hydrogen-bond donors (Lipinski definition) is 2. The molecule has 0 fully saturated rings. The second-order valence-corrected chi connectivity index (χ2v) is 5.37. The number of aromatic hydroxyl groups is 1. The lowest BCUT2D eigenvalue weighted by Crippen LogP contribution is -2.06. The molecule has 2 N–H and O–H groups in total. The molecule has 0 aliphatic heterocycles. The van der Waals surface area contributed by atoms with Gasteiger partial charge in [-0.15, -0.1) is 0 Å². The van der Waals surface area contributed by atoms with Gasteiger partial charge >= 0.3 is 5.63 Å². The minimum Gasteiger partial charge on any atom is -0.508 e. The van der Waals surface area contributed by atoms with Crippen LogP contribution < -0.4 is 5.63 Å². The molecule has 0 spiro atoms. The summed E-state index contributed by atoms with van der Waals surface area (Å²) in [5, 5.41) is 19.8. The van der Waals surface area contributed by atoms with E-state index in [1.54, 1.807) is 43.3 Å². The first-order chi connectivity index (χ1) is 10.5. The SMILES string of the molecule is Cc1c(-c2ccc(C(C)O)cc2)c(=O)oc2cc(O)ccc12. The van der Waals surface area contributed by atoms with E-state index in [-0.39, 0.29) is 5.75 Å². The lowest BCUT2D eigenvalue weighted by molar-refractivity contribution is 0.199. The number of aliphatic hydroxyl groups is 1. The van der Waals surface area contributed by atoms with E-state index in [2.05, 4.69) is 0 Å². The van der Waals surface area contributed by atoms with E-state index in [0.29, 0.717) is 11.1 Å². The predicted octanol–water partition coefficient (Wildman–Crippen LogP) is 3.53. The number of aryl methyl sites for hydroxylation is 1. The van der Waals surface area contributed by atoms with Crippen molar-refractivity contribution in [3.63, 3.8) is 0 Å². The maximum absolute atomic E-state index is 12.3. The minimum absolute atomic E-state index is 0.0593. The summed E-state index contributed by atoms with van der Waals surface area (Å²) in [5.41, 5.74) is 2.75. The van der Waals surface area contributed by atoms with Crippen LogP contribution in [0.3, 0.4) is 0 Å². The van der Waals surface area contributed by atoms with Crippen LogP contribution in [-0.4, -0.2) is 10.2 Å². The Hall–Kier alpha value is -2.59. The van der Waals surface area contributed by atoms with Crippen molar-refractivity contribution in [2.24, 2.45) is 0 Å². The summed E-state index contributed by atoms with van der Waals surface area (Å²) in [6, 6.07) is 11.9. The van der Waals surface area contributed by atoms with E-state index in [0.717, 1.165) is 22.1 Å². The maximum Gasteiger partial charge on any atom is 0.344 e. The van der Waals surface area contributed by atoms with Crippen molar-refractivity contribution in [2.45, 2.75) is 20.0 Å². The zero-order valence-electron chi connectivity index (χ0n) is 12.3. The molecule has 1 atom stereocenters. The van der Waals surface area contributed by atoms with Gasteiger partial charge in [0.1, 0.15) is 11.3 Å². The number of rotatable bonds is 2. The van der Waals surface area contributed by atoms with Crippen LogP contribution in [0.25, 0.3) is 22.1 Å². The van der Waals surface area contributed by atoms with E-state index >= 15 is 0 Å². The summed E-state index contributed by atoms with van der Waals surface area (Å²) in [6.07, 6.45) is -0.550. The summed E-state index contributed by atoms with van der Waals surface area (Å²) in [5.74, 6) is 0.0593. The molecule has 0 bridgehead atoms. The number of aliphatic hydroxyl groups excluding tert-OH is 1. The molecule has 0 saturated carbocycles. The Morgan fingerprint density at radius 1 is 1.09 bits per heavy atom. The molecule has 0 saturated heterocycles. The first-order valence-corrected chi connectivity index (χ1v) is 7.02. The standard InChI is InChI=1S/C18H16O4/c1-10-15-8-7-14(20)9-16(15)22-18(21)17(10)13-5-3-12(4-6-13)11(2)19/h3-9,11,19-20H,1-2H3. The summed E-state index contributed by atoms with van der Waals surface area (Å²) in [6.45, 7) is 3.55. The van der Waals surface area contributed by atoms with E-state index in [9.17, 15) is 15.0 Å². The Labute approximate surface area is 127 Å². The second-order valence-electron chi connectivity index (χ2n) is 5.37. The highest BCUT2D eigenvalue weighted by Crippen LogP contribution is 2.29. The van der Waals surface area contributed by atoms with Crippen molar-refractivity contribution < 1.29 is 14.6 Å². The summed E-state index contributed by atoms with van der Waals surface area (Å²) in [4.78, 5) is 12.3. The van der Waals surface area contributed by atoms with Gasteiger partial charge in [0.15, 0.2) is 0 Å². The van der Waals surface area contributed by atoms with Crippen molar-refractivity contribution in [1.29, 1.82) is 0 Å². The number of phenols is 1. The van der Waals surface area contributed by atoms with Crippen molar-refractivity contribution >= 4 is 11.0 Å². The third-order valence-electron chi connectivity index (χ3n) is 3.83. The van der Waals surface area contributed by atoms with Gasteiger partial charge in [-0.3, -0.25) is 0 Å². The van der Waals surface area contributed by atoms with Crippen LogP contribution in [0.15, 0.2) is 51.7 Å². The molecule has 4 heteroatoms. The first-order valence-electron chi connectivity index (χ1n) is 7.02. The topological polar surface area (TPSA) is 70.7 Å². The third kappa shape index (κ3) is 2.38. The van der Waals surface area contributed by atoms with Crippen LogP contribution >= 0.6 is 0 Å². The molecule has 1 aromatic heterocycles. The van der Waals surface area contributed by atoms with Gasteiger partial charge in [0.2, 0.25) is 0 Å². The highest BCUT2D eigenvalue weighted by molar-refractivity contribution is 5.87. The van der Waals surface area contributed by atoms with Crippen molar-refractivity contribution in [1.82, 2.24) is 0 Å². The first kappa shape index (κ1) is 14.4. The molecule has 3 aromatic rings. The molecule has 1 heterocycles. The van der Waals surface area contributed by atoms with Gasteiger partial charge in [-0.05, 0) is 42.7 Å². The lowest BCUT2D eigenvalue weighted by atomic mass is 9.98. The quantitative estimate of drug-likeness (QED) is 0.710. The molecule has 0 amide bonds. The summed E-state index contributed by atoms with van der Waals surface area (Å²) in [7, 11) is 0.